The minimum atomic E-state index is -0.279. The number of nitrogens with zero attached hydrogens (tertiary/aromatic N) is 3. The average Bonchev–Trinajstić information content (AvgIpc) is 3.06. The molecular weight excluding hydrogens is 240 g/mol. The summed E-state index contributed by atoms with van der Waals surface area (Å²) in [6.45, 7) is 2.68. The van der Waals surface area contributed by atoms with Crippen LogP contribution in [0.1, 0.15) is 38.3 Å². The number of aryl methyl sites for hydroxylation is 1. The Kier molecular flexibility index (Phi) is 4.35. The number of aromatic nitrogens is 2. The minimum Gasteiger partial charge on any atom is -0.349 e. The van der Waals surface area contributed by atoms with Crippen LogP contribution < -0.4 is 5.32 Å². The molecule has 1 aromatic rings. The van der Waals surface area contributed by atoms with Gasteiger partial charge in [-0.1, -0.05) is 12.8 Å². The van der Waals surface area contributed by atoms with E-state index in [2.05, 4.69) is 10.4 Å². The molecule has 0 bridgehead atoms. The van der Waals surface area contributed by atoms with E-state index in [1.165, 1.54) is 0 Å². The minimum absolute atomic E-state index is 0.141. The highest BCUT2D eigenvalue weighted by Crippen LogP contribution is 2.18. The molecular formula is C14H18N4O. The zero-order valence-electron chi connectivity index (χ0n) is 11.1. The number of nitriles is 1. The Hall–Kier alpha value is -2.09. The maximum atomic E-state index is 12.0. The van der Waals surface area contributed by atoms with Crippen molar-refractivity contribution in [3.05, 3.63) is 23.5 Å². The lowest BCUT2D eigenvalue weighted by Crippen LogP contribution is -2.33. The van der Waals surface area contributed by atoms with Crippen molar-refractivity contribution in [1.29, 1.82) is 5.26 Å². The Bertz CT molecular complexity index is 518. The summed E-state index contributed by atoms with van der Waals surface area (Å²) in [5, 5.41) is 16.2. The Morgan fingerprint density at radius 2 is 2.37 bits per heavy atom. The fourth-order valence-electron chi connectivity index (χ4n) is 2.36. The molecule has 0 aromatic carbocycles. The van der Waals surface area contributed by atoms with Crippen molar-refractivity contribution >= 4 is 12.0 Å². The second-order valence-corrected chi connectivity index (χ2v) is 4.70. The molecule has 5 heteroatoms. The van der Waals surface area contributed by atoms with E-state index in [0.717, 1.165) is 31.4 Å². The standard InChI is InChI=1S/C14H18N4O/c1-2-18-13(7-8-16-18)9-11(10-15)14(19)17-12-5-3-4-6-12/h7-9,12H,2-6H2,1H3,(H,17,19). The van der Waals surface area contributed by atoms with Gasteiger partial charge in [0.1, 0.15) is 11.6 Å². The SMILES string of the molecule is CCn1nccc1C=C(C#N)C(=O)NC1CCCC1. The van der Waals surface area contributed by atoms with E-state index < -0.39 is 0 Å². The Morgan fingerprint density at radius 1 is 1.63 bits per heavy atom. The second-order valence-electron chi connectivity index (χ2n) is 4.70. The lowest BCUT2D eigenvalue weighted by atomic mass is 10.2. The van der Waals surface area contributed by atoms with Gasteiger partial charge in [0.15, 0.2) is 0 Å². The molecule has 0 atom stereocenters. The third-order valence-electron chi connectivity index (χ3n) is 3.40. The van der Waals surface area contributed by atoms with E-state index in [-0.39, 0.29) is 17.5 Å². The molecule has 0 saturated heterocycles. The fourth-order valence-corrected chi connectivity index (χ4v) is 2.36. The number of hydrogen-bond donors (Lipinski definition) is 1. The highest BCUT2D eigenvalue weighted by atomic mass is 16.1. The molecule has 0 spiro atoms. The van der Waals surface area contributed by atoms with Gasteiger partial charge < -0.3 is 5.32 Å². The van der Waals surface area contributed by atoms with Crippen molar-refractivity contribution in [1.82, 2.24) is 15.1 Å². The molecule has 1 aliphatic carbocycles. The van der Waals surface area contributed by atoms with Crippen LogP contribution in [-0.2, 0) is 11.3 Å². The zero-order chi connectivity index (χ0) is 13.7. The first kappa shape index (κ1) is 13.3. The third-order valence-corrected chi connectivity index (χ3v) is 3.40. The molecule has 19 heavy (non-hydrogen) atoms. The summed E-state index contributed by atoms with van der Waals surface area (Å²) in [6.07, 6.45) is 7.59. The van der Waals surface area contributed by atoms with E-state index >= 15 is 0 Å². The smallest absolute Gasteiger partial charge is 0.262 e. The van der Waals surface area contributed by atoms with Crippen molar-refractivity contribution in [2.45, 2.75) is 45.2 Å². The number of carbonyl (C=O) groups is 1. The lowest BCUT2D eigenvalue weighted by molar-refractivity contribution is -0.117. The van der Waals surface area contributed by atoms with E-state index in [1.807, 2.05) is 13.0 Å². The topological polar surface area (TPSA) is 70.7 Å². The van der Waals surface area contributed by atoms with E-state index in [9.17, 15) is 4.79 Å². The van der Waals surface area contributed by atoms with Gasteiger partial charge in [-0.25, -0.2) is 0 Å². The predicted octanol–water partition coefficient (Wildman–Crippen LogP) is 1.87. The molecule has 1 fully saturated rings. The third kappa shape index (κ3) is 3.22. The average molecular weight is 258 g/mol. The molecule has 1 aliphatic rings. The summed E-state index contributed by atoms with van der Waals surface area (Å²) < 4.78 is 1.75. The van der Waals surface area contributed by atoms with Crippen molar-refractivity contribution < 1.29 is 4.79 Å². The van der Waals surface area contributed by atoms with E-state index in [4.69, 9.17) is 5.26 Å². The van der Waals surface area contributed by atoms with E-state index in [0.29, 0.717) is 6.54 Å². The van der Waals surface area contributed by atoms with Crippen LogP contribution in [0.2, 0.25) is 0 Å². The normalized spacial score (nSPS) is 16.3. The number of nitrogens with one attached hydrogen (secondary N) is 1. The predicted molar refractivity (Wildman–Crippen MR) is 71.9 cm³/mol. The molecule has 1 heterocycles. The molecule has 100 valence electrons. The van der Waals surface area contributed by atoms with Gasteiger partial charge in [0, 0.05) is 18.8 Å². The molecule has 1 N–H and O–H groups in total. The fraction of sp³-hybridized carbons (Fsp3) is 0.500. The highest BCUT2D eigenvalue weighted by molar-refractivity contribution is 6.01. The number of hydrogen-bond acceptors (Lipinski definition) is 3. The Labute approximate surface area is 112 Å². The second kappa shape index (κ2) is 6.19. The van der Waals surface area contributed by atoms with Crippen LogP contribution >= 0.6 is 0 Å². The van der Waals surface area contributed by atoms with Crippen molar-refractivity contribution in [2.24, 2.45) is 0 Å². The zero-order valence-corrected chi connectivity index (χ0v) is 11.1. The monoisotopic (exact) mass is 258 g/mol. The van der Waals surface area contributed by atoms with Crippen molar-refractivity contribution in [2.75, 3.05) is 0 Å². The Morgan fingerprint density at radius 3 is 3.00 bits per heavy atom. The van der Waals surface area contributed by atoms with Crippen LogP contribution in [-0.4, -0.2) is 21.7 Å². The van der Waals surface area contributed by atoms with Crippen LogP contribution in [0, 0.1) is 11.3 Å². The number of amides is 1. The molecule has 1 amide bonds. The largest absolute Gasteiger partial charge is 0.349 e. The first-order chi connectivity index (χ1) is 9.24. The first-order valence-corrected chi connectivity index (χ1v) is 6.69. The quantitative estimate of drug-likeness (QED) is 0.662. The molecule has 1 saturated carbocycles. The van der Waals surface area contributed by atoms with Crippen molar-refractivity contribution in [3.8, 4) is 6.07 Å². The van der Waals surface area contributed by atoms with Gasteiger partial charge in [-0.2, -0.15) is 10.4 Å². The Balaban J connectivity index is 2.10. The van der Waals surface area contributed by atoms with Crippen LogP contribution in [0.15, 0.2) is 17.8 Å². The van der Waals surface area contributed by atoms with Gasteiger partial charge in [-0.3, -0.25) is 9.48 Å². The van der Waals surface area contributed by atoms with Crippen LogP contribution in [0.25, 0.3) is 6.08 Å². The first-order valence-electron chi connectivity index (χ1n) is 6.69. The van der Waals surface area contributed by atoms with Gasteiger partial charge >= 0.3 is 0 Å². The van der Waals surface area contributed by atoms with Gasteiger partial charge in [-0.15, -0.1) is 0 Å². The van der Waals surface area contributed by atoms with Gasteiger partial charge in [0.2, 0.25) is 0 Å². The van der Waals surface area contributed by atoms with Crippen LogP contribution in [0.3, 0.4) is 0 Å². The summed E-state index contributed by atoms with van der Waals surface area (Å²) in [5.41, 5.74) is 0.919. The van der Waals surface area contributed by atoms with Gasteiger partial charge in [-0.05, 0) is 31.9 Å². The summed E-state index contributed by atoms with van der Waals surface area (Å²) >= 11 is 0. The van der Waals surface area contributed by atoms with Gasteiger partial charge in [0.05, 0.1) is 5.69 Å². The highest BCUT2D eigenvalue weighted by Gasteiger charge is 2.19. The molecule has 5 nitrogen and oxygen atoms in total. The van der Waals surface area contributed by atoms with Crippen molar-refractivity contribution in [3.63, 3.8) is 0 Å². The molecule has 2 rings (SSSR count). The molecule has 1 aromatic heterocycles. The summed E-state index contributed by atoms with van der Waals surface area (Å²) in [5.74, 6) is -0.279. The maximum Gasteiger partial charge on any atom is 0.262 e. The lowest BCUT2D eigenvalue weighted by Gasteiger charge is -2.11. The van der Waals surface area contributed by atoms with Gasteiger partial charge in [0.25, 0.3) is 5.91 Å². The summed E-state index contributed by atoms with van der Waals surface area (Å²) in [7, 11) is 0. The van der Waals surface area contributed by atoms with E-state index in [1.54, 1.807) is 23.0 Å². The number of rotatable bonds is 4. The summed E-state index contributed by atoms with van der Waals surface area (Å²) in [6, 6.07) is 3.99. The number of carbonyl (C=O) groups excluding carboxylic acids is 1. The van der Waals surface area contributed by atoms with Crippen LogP contribution in [0.5, 0.6) is 0 Å². The summed E-state index contributed by atoms with van der Waals surface area (Å²) in [4.78, 5) is 12.0. The molecule has 0 aliphatic heterocycles. The van der Waals surface area contributed by atoms with Crippen LogP contribution in [0.4, 0.5) is 0 Å². The maximum absolute atomic E-state index is 12.0. The molecule has 0 unspecified atom stereocenters. The molecule has 0 radical (unpaired) electrons.